The highest BCUT2D eigenvalue weighted by Crippen LogP contribution is 2.27. The molecule has 0 fully saturated rings. The fraction of sp³-hybridized carbons (Fsp3) is 0.158. The van der Waals surface area contributed by atoms with Crippen molar-refractivity contribution >= 4 is 34.3 Å². The van der Waals surface area contributed by atoms with E-state index < -0.39 is 5.97 Å². The number of nitrogens with one attached hydrogen (secondary N) is 1. The minimum absolute atomic E-state index is 0.0235. The third-order valence-corrected chi connectivity index (χ3v) is 5.25. The topological polar surface area (TPSA) is 119 Å². The molecule has 0 bridgehead atoms. The van der Waals surface area contributed by atoms with Crippen LogP contribution in [0.15, 0.2) is 58.0 Å². The molecule has 148 valence electrons. The number of ether oxygens (including phenoxy) is 1. The molecule has 9 nitrogen and oxygen atoms in total. The van der Waals surface area contributed by atoms with Gasteiger partial charge < -0.3 is 23.8 Å². The number of hydrogen-bond acceptors (Lipinski definition) is 8. The first kappa shape index (κ1) is 18.8. The van der Waals surface area contributed by atoms with Crippen molar-refractivity contribution in [2.24, 2.45) is 7.05 Å². The van der Waals surface area contributed by atoms with Crippen LogP contribution in [0.25, 0.3) is 28.2 Å². The summed E-state index contributed by atoms with van der Waals surface area (Å²) in [7, 11) is 3.05. The Kier molecular flexibility index (Phi) is 5.09. The zero-order valence-electron chi connectivity index (χ0n) is 15.6. The molecule has 0 unspecified atom stereocenters. The maximum Gasteiger partial charge on any atom is 0.345 e. The maximum absolute atomic E-state index is 12.3. The average Bonchev–Trinajstić information content (AvgIpc) is 3.46. The van der Waals surface area contributed by atoms with Gasteiger partial charge in [-0.3, -0.25) is 0 Å². The van der Waals surface area contributed by atoms with Crippen LogP contribution in [0.4, 0.5) is 0 Å². The van der Waals surface area contributed by atoms with E-state index in [1.807, 2.05) is 24.3 Å². The van der Waals surface area contributed by atoms with Gasteiger partial charge in [-0.05, 0) is 24.3 Å². The Morgan fingerprint density at radius 2 is 2.10 bits per heavy atom. The standard InChI is InChI=1S/C19H17N5O4S/c1-24-17(14-8-5-9-28-14)22-23-19(24)29-10-13(25)15(18(26)27-2)16-20-11-6-3-4-7-12(11)21-16/h3-9,25H,10H2,1-2H3,(H,20,21)/b15-13+. The van der Waals surface area contributed by atoms with Crippen LogP contribution in [0.5, 0.6) is 0 Å². The first-order valence-corrected chi connectivity index (χ1v) is 9.58. The van der Waals surface area contributed by atoms with Gasteiger partial charge in [-0.25, -0.2) is 9.78 Å². The smallest absolute Gasteiger partial charge is 0.345 e. The summed E-state index contributed by atoms with van der Waals surface area (Å²) in [6, 6.07) is 10.9. The summed E-state index contributed by atoms with van der Waals surface area (Å²) in [6.45, 7) is 0. The second-order valence-corrected chi connectivity index (χ2v) is 6.99. The predicted molar refractivity (Wildman–Crippen MR) is 107 cm³/mol. The molecule has 0 spiro atoms. The van der Waals surface area contributed by atoms with Crippen molar-refractivity contribution in [2.75, 3.05) is 12.9 Å². The van der Waals surface area contributed by atoms with Gasteiger partial charge in [0.1, 0.15) is 17.2 Å². The molecule has 10 heteroatoms. The quantitative estimate of drug-likeness (QED) is 0.215. The van der Waals surface area contributed by atoms with E-state index in [0.29, 0.717) is 22.3 Å². The van der Waals surface area contributed by atoms with Gasteiger partial charge in [0.25, 0.3) is 0 Å². The number of aliphatic hydroxyl groups excluding tert-OH is 1. The first-order chi connectivity index (χ1) is 14.1. The number of H-pyrrole nitrogens is 1. The Morgan fingerprint density at radius 1 is 1.28 bits per heavy atom. The molecule has 2 N–H and O–H groups in total. The normalized spacial score (nSPS) is 12.2. The number of esters is 1. The van der Waals surface area contributed by atoms with Crippen molar-refractivity contribution < 1.29 is 19.1 Å². The van der Waals surface area contributed by atoms with E-state index in [-0.39, 0.29) is 22.9 Å². The van der Waals surface area contributed by atoms with Gasteiger partial charge in [-0.15, -0.1) is 10.2 Å². The summed E-state index contributed by atoms with van der Waals surface area (Å²) in [6.07, 6.45) is 1.56. The number of nitrogens with zero attached hydrogens (tertiary/aromatic N) is 4. The van der Waals surface area contributed by atoms with Crippen LogP contribution >= 0.6 is 11.8 Å². The van der Waals surface area contributed by atoms with Gasteiger partial charge in [0, 0.05) is 7.05 Å². The number of hydrogen-bond donors (Lipinski definition) is 2. The molecule has 4 rings (SSSR count). The lowest BCUT2D eigenvalue weighted by molar-refractivity contribution is -0.133. The minimum atomic E-state index is -0.684. The number of fused-ring (bicyclic) bond motifs is 1. The highest BCUT2D eigenvalue weighted by Gasteiger charge is 2.23. The Hall–Kier alpha value is -3.53. The first-order valence-electron chi connectivity index (χ1n) is 8.60. The van der Waals surface area contributed by atoms with Crippen molar-refractivity contribution in [2.45, 2.75) is 5.16 Å². The van der Waals surface area contributed by atoms with E-state index in [2.05, 4.69) is 20.2 Å². The van der Waals surface area contributed by atoms with Crippen LogP contribution in [0.2, 0.25) is 0 Å². The van der Waals surface area contributed by atoms with Crippen LogP contribution in [-0.2, 0) is 16.6 Å². The number of para-hydroxylation sites is 2. The number of methoxy groups -OCH3 is 1. The lowest BCUT2D eigenvalue weighted by atomic mass is 10.2. The summed E-state index contributed by atoms with van der Waals surface area (Å²) in [5.74, 6) is 0.604. The van der Waals surface area contributed by atoms with Crippen LogP contribution < -0.4 is 0 Å². The van der Waals surface area contributed by atoms with Crippen molar-refractivity contribution in [1.29, 1.82) is 0 Å². The predicted octanol–water partition coefficient (Wildman–Crippen LogP) is 3.19. The monoisotopic (exact) mass is 411 g/mol. The zero-order chi connectivity index (χ0) is 20.4. The lowest BCUT2D eigenvalue weighted by Crippen LogP contribution is -2.10. The Labute approximate surface area is 169 Å². The van der Waals surface area contributed by atoms with Crippen molar-refractivity contribution in [3.05, 3.63) is 54.2 Å². The van der Waals surface area contributed by atoms with E-state index >= 15 is 0 Å². The number of aliphatic hydroxyl groups is 1. The van der Waals surface area contributed by atoms with Crippen LogP contribution in [0.1, 0.15) is 5.82 Å². The molecule has 0 aliphatic heterocycles. The van der Waals surface area contributed by atoms with Gasteiger partial charge in [-0.2, -0.15) is 0 Å². The van der Waals surface area contributed by atoms with E-state index in [1.54, 1.807) is 30.0 Å². The van der Waals surface area contributed by atoms with Gasteiger partial charge in [0.2, 0.25) is 0 Å². The molecular weight excluding hydrogens is 394 g/mol. The van der Waals surface area contributed by atoms with Gasteiger partial charge in [-0.1, -0.05) is 23.9 Å². The molecule has 0 saturated carbocycles. The molecule has 1 aromatic carbocycles. The van der Waals surface area contributed by atoms with Crippen LogP contribution in [0, 0.1) is 0 Å². The summed E-state index contributed by atoms with van der Waals surface area (Å²) in [4.78, 5) is 19.7. The summed E-state index contributed by atoms with van der Waals surface area (Å²) in [5.41, 5.74) is 1.41. The number of furan rings is 1. The molecule has 29 heavy (non-hydrogen) atoms. The molecule has 0 atom stereocenters. The molecule has 0 aliphatic carbocycles. The molecule has 3 heterocycles. The van der Waals surface area contributed by atoms with E-state index in [4.69, 9.17) is 9.15 Å². The average molecular weight is 411 g/mol. The highest BCUT2D eigenvalue weighted by atomic mass is 32.2. The number of aromatic amines is 1. The molecule has 0 radical (unpaired) electrons. The fourth-order valence-corrected chi connectivity index (χ4v) is 3.58. The summed E-state index contributed by atoms with van der Waals surface area (Å²) < 4.78 is 11.9. The largest absolute Gasteiger partial charge is 0.510 e. The summed E-state index contributed by atoms with van der Waals surface area (Å²) >= 11 is 1.22. The van der Waals surface area contributed by atoms with Gasteiger partial charge >= 0.3 is 5.97 Å². The number of thioether (sulfide) groups is 1. The lowest BCUT2D eigenvalue weighted by Gasteiger charge is -2.07. The molecule has 0 saturated heterocycles. The molecule has 4 aromatic rings. The molecular formula is C19H17N5O4S. The second-order valence-electron chi connectivity index (χ2n) is 6.05. The van der Waals surface area contributed by atoms with Gasteiger partial charge in [0.15, 0.2) is 16.7 Å². The van der Waals surface area contributed by atoms with E-state index in [9.17, 15) is 9.90 Å². The SMILES string of the molecule is COC(=O)/C(=C(/O)CSc1nnc(-c2ccco2)n1C)c1nc2ccccc2[nH]1. The molecule has 0 aliphatic rings. The van der Waals surface area contributed by atoms with Crippen molar-refractivity contribution in [1.82, 2.24) is 24.7 Å². The van der Waals surface area contributed by atoms with Crippen molar-refractivity contribution in [3.8, 4) is 11.6 Å². The summed E-state index contributed by atoms with van der Waals surface area (Å²) in [5, 5.41) is 19.4. The Bertz CT molecular complexity index is 1160. The Morgan fingerprint density at radius 3 is 2.83 bits per heavy atom. The van der Waals surface area contributed by atoms with Crippen LogP contribution in [-0.4, -0.2) is 48.7 Å². The fourth-order valence-electron chi connectivity index (χ4n) is 2.79. The number of carbonyl (C=O) groups excluding carboxylic acids is 1. The maximum atomic E-state index is 12.3. The van der Waals surface area contributed by atoms with E-state index in [1.165, 1.54) is 18.9 Å². The van der Waals surface area contributed by atoms with Crippen molar-refractivity contribution in [3.63, 3.8) is 0 Å². The third-order valence-electron chi connectivity index (χ3n) is 4.22. The number of carbonyl (C=O) groups is 1. The number of imidazole rings is 1. The third kappa shape index (κ3) is 3.61. The Balaban J connectivity index is 1.62. The number of rotatable bonds is 6. The minimum Gasteiger partial charge on any atom is -0.510 e. The molecule has 3 aromatic heterocycles. The van der Waals surface area contributed by atoms with Crippen LogP contribution in [0.3, 0.4) is 0 Å². The second kappa shape index (κ2) is 7.84. The number of aromatic nitrogens is 5. The molecule has 0 amide bonds. The number of benzene rings is 1. The zero-order valence-corrected chi connectivity index (χ0v) is 16.4. The van der Waals surface area contributed by atoms with E-state index in [0.717, 1.165) is 5.52 Å². The van der Waals surface area contributed by atoms with Gasteiger partial charge in [0.05, 0.1) is 30.2 Å². The highest BCUT2D eigenvalue weighted by molar-refractivity contribution is 7.99.